The van der Waals surface area contributed by atoms with E-state index in [1.165, 1.54) is 0 Å². The monoisotopic (exact) mass is 283 g/mol. The van der Waals surface area contributed by atoms with Gasteiger partial charge in [-0.3, -0.25) is 4.98 Å². The SMILES string of the molecule is NC1CCN(c2ccccc2OCc2ccccn2)CC1. The fraction of sp³-hybridized carbons (Fsp3) is 0.353. The second-order valence-corrected chi connectivity index (χ2v) is 5.40. The molecule has 1 saturated heterocycles. The van der Waals surface area contributed by atoms with Gasteiger partial charge in [0, 0.05) is 25.3 Å². The normalized spacial score (nSPS) is 16.0. The Morgan fingerprint density at radius 1 is 1.10 bits per heavy atom. The summed E-state index contributed by atoms with van der Waals surface area (Å²) in [5, 5.41) is 0. The fourth-order valence-corrected chi connectivity index (χ4v) is 2.62. The number of aromatic nitrogens is 1. The molecule has 0 aliphatic carbocycles. The Kier molecular flexibility index (Phi) is 4.36. The minimum atomic E-state index is 0.336. The third-order valence-electron chi connectivity index (χ3n) is 3.85. The maximum atomic E-state index is 5.98. The molecule has 4 heteroatoms. The van der Waals surface area contributed by atoms with E-state index < -0.39 is 0 Å². The van der Waals surface area contributed by atoms with E-state index in [0.717, 1.165) is 43.1 Å². The van der Waals surface area contributed by atoms with Crippen molar-refractivity contribution in [2.24, 2.45) is 5.73 Å². The molecule has 2 N–H and O–H groups in total. The van der Waals surface area contributed by atoms with Crippen molar-refractivity contribution in [3.05, 3.63) is 54.4 Å². The van der Waals surface area contributed by atoms with Gasteiger partial charge >= 0.3 is 0 Å². The van der Waals surface area contributed by atoms with Crippen LogP contribution in [0.5, 0.6) is 5.75 Å². The van der Waals surface area contributed by atoms with Crippen LogP contribution < -0.4 is 15.4 Å². The maximum absolute atomic E-state index is 5.98. The van der Waals surface area contributed by atoms with E-state index >= 15 is 0 Å². The molecular weight excluding hydrogens is 262 g/mol. The average Bonchev–Trinajstić information content (AvgIpc) is 2.55. The number of pyridine rings is 1. The molecule has 21 heavy (non-hydrogen) atoms. The zero-order valence-corrected chi connectivity index (χ0v) is 12.1. The summed E-state index contributed by atoms with van der Waals surface area (Å²) in [4.78, 5) is 6.65. The molecule has 1 aliphatic rings. The molecule has 3 rings (SSSR count). The van der Waals surface area contributed by atoms with Crippen molar-refractivity contribution in [3.63, 3.8) is 0 Å². The first-order chi connectivity index (χ1) is 10.3. The highest BCUT2D eigenvalue weighted by molar-refractivity contribution is 5.58. The number of anilines is 1. The van der Waals surface area contributed by atoms with Gasteiger partial charge in [0.2, 0.25) is 0 Å². The number of para-hydroxylation sites is 2. The van der Waals surface area contributed by atoms with E-state index in [2.05, 4.69) is 22.0 Å². The molecular formula is C17H21N3O. The minimum absolute atomic E-state index is 0.336. The molecule has 0 unspecified atom stereocenters. The number of ether oxygens (including phenoxy) is 1. The van der Waals surface area contributed by atoms with Crippen LogP contribution in [0.4, 0.5) is 5.69 Å². The molecule has 0 atom stereocenters. The van der Waals surface area contributed by atoms with Crippen molar-refractivity contribution >= 4 is 5.69 Å². The van der Waals surface area contributed by atoms with Crippen LogP contribution in [0, 0.1) is 0 Å². The second kappa shape index (κ2) is 6.59. The van der Waals surface area contributed by atoms with Crippen LogP contribution in [0.25, 0.3) is 0 Å². The molecule has 2 heterocycles. The van der Waals surface area contributed by atoms with Crippen molar-refractivity contribution in [2.75, 3.05) is 18.0 Å². The lowest BCUT2D eigenvalue weighted by molar-refractivity contribution is 0.301. The Balaban J connectivity index is 1.70. The summed E-state index contributed by atoms with van der Waals surface area (Å²) >= 11 is 0. The summed E-state index contributed by atoms with van der Waals surface area (Å²) in [6, 6.07) is 14.4. The molecule has 4 nitrogen and oxygen atoms in total. The summed E-state index contributed by atoms with van der Waals surface area (Å²) in [5.74, 6) is 0.915. The number of rotatable bonds is 4. The van der Waals surface area contributed by atoms with Crippen LogP contribution in [0.3, 0.4) is 0 Å². The van der Waals surface area contributed by atoms with Crippen LogP contribution in [0.2, 0.25) is 0 Å². The molecule has 1 aliphatic heterocycles. The summed E-state index contributed by atoms with van der Waals surface area (Å²) in [7, 11) is 0. The molecule has 2 aromatic rings. The van der Waals surface area contributed by atoms with E-state index in [-0.39, 0.29) is 0 Å². The molecule has 1 fully saturated rings. The van der Waals surface area contributed by atoms with Crippen LogP contribution in [0.1, 0.15) is 18.5 Å². The predicted octanol–water partition coefficient (Wildman–Crippen LogP) is 2.59. The van der Waals surface area contributed by atoms with Gasteiger partial charge in [-0.1, -0.05) is 18.2 Å². The minimum Gasteiger partial charge on any atom is -0.485 e. The van der Waals surface area contributed by atoms with Crippen LogP contribution in [-0.4, -0.2) is 24.1 Å². The zero-order chi connectivity index (χ0) is 14.5. The van der Waals surface area contributed by atoms with E-state index in [4.69, 9.17) is 10.5 Å². The largest absolute Gasteiger partial charge is 0.485 e. The quantitative estimate of drug-likeness (QED) is 0.937. The highest BCUT2D eigenvalue weighted by Gasteiger charge is 2.18. The summed E-state index contributed by atoms with van der Waals surface area (Å²) in [6.45, 7) is 2.47. The van der Waals surface area contributed by atoms with Gasteiger partial charge in [0.1, 0.15) is 12.4 Å². The Hall–Kier alpha value is -2.07. The maximum Gasteiger partial charge on any atom is 0.143 e. The Morgan fingerprint density at radius 3 is 2.62 bits per heavy atom. The predicted molar refractivity (Wildman–Crippen MR) is 84.4 cm³/mol. The van der Waals surface area contributed by atoms with Gasteiger partial charge in [0.05, 0.1) is 11.4 Å². The third-order valence-corrected chi connectivity index (χ3v) is 3.85. The summed E-state index contributed by atoms with van der Waals surface area (Å²) in [5.41, 5.74) is 8.07. The van der Waals surface area contributed by atoms with Gasteiger partial charge < -0.3 is 15.4 Å². The number of benzene rings is 1. The molecule has 0 spiro atoms. The molecule has 1 aromatic heterocycles. The lowest BCUT2D eigenvalue weighted by Gasteiger charge is -2.33. The number of hydrogen-bond acceptors (Lipinski definition) is 4. The van der Waals surface area contributed by atoms with Crippen molar-refractivity contribution in [1.82, 2.24) is 4.98 Å². The number of nitrogens with two attached hydrogens (primary N) is 1. The standard InChI is InChI=1S/C17H21N3O/c18-14-8-11-20(12-9-14)16-6-1-2-7-17(16)21-13-15-5-3-4-10-19-15/h1-7,10,14H,8-9,11-13,18H2. The van der Waals surface area contributed by atoms with Gasteiger partial charge in [-0.05, 0) is 37.1 Å². The number of hydrogen-bond donors (Lipinski definition) is 1. The smallest absolute Gasteiger partial charge is 0.143 e. The first-order valence-electron chi connectivity index (χ1n) is 7.45. The van der Waals surface area contributed by atoms with E-state index in [0.29, 0.717) is 12.6 Å². The average molecular weight is 283 g/mol. The number of piperidine rings is 1. The molecule has 0 saturated carbocycles. The van der Waals surface area contributed by atoms with Gasteiger partial charge in [0.25, 0.3) is 0 Å². The van der Waals surface area contributed by atoms with E-state index in [1.807, 2.05) is 30.3 Å². The second-order valence-electron chi connectivity index (χ2n) is 5.40. The Labute approximate surface area is 125 Å². The van der Waals surface area contributed by atoms with Crippen molar-refractivity contribution in [1.29, 1.82) is 0 Å². The molecule has 110 valence electrons. The zero-order valence-electron chi connectivity index (χ0n) is 12.1. The third kappa shape index (κ3) is 3.52. The molecule has 1 aromatic carbocycles. The summed E-state index contributed by atoms with van der Waals surface area (Å²) in [6.07, 6.45) is 3.86. The topological polar surface area (TPSA) is 51.4 Å². The van der Waals surface area contributed by atoms with E-state index in [9.17, 15) is 0 Å². The molecule has 0 bridgehead atoms. The first-order valence-corrected chi connectivity index (χ1v) is 7.45. The van der Waals surface area contributed by atoms with Gasteiger partial charge in [-0.15, -0.1) is 0 Å². The lowest BCUT2D eigenvalue weighted by Crippen LogP contribution is -2.39. The van der Waals surface area contributed by atoms with Crippen molar-refractivity contribution < 1.29 is 4.74 Å². The van der Waals surface area contributed by atoms with Gasteiger partial charge in [-0.25, -0.2) is 0 Å². The number of nitrogens with zero attached hydrogens (tertiary/aromatic N) is 2. The highest BCUT2D eigenvalue weighted by Crippen LogP contribution is 2.30. The molecule has 0 amide bonds. The Morgan fingerprint density at radius 2 is 1.86 bits per heavy atom. The van der Waals surface area contributed by atoms with Crippen LogP contribution >= 0.6 is 0 Å². The summed E-state index contributed by atoms with van der Waals surface area (Å²) < 4.78 is 5.97. The van der Waals surface area contributed by atoms with E-state index in [1.54, 1.807) is 6.20 Å². The van der Waals surface area contributed by atoms with Gasteiger partial charge in [0.15, 0.2) is 0 Å². The van der Waals surface area contributed by atoms with Crippen molar-refractivity contribution in [2.45, 2.75) is 25.5 Å². The van der Waals surface area contributed by atoms with Crippen molar-refractivity contribution in [3.8, 4) is 5.75 Å². The molecule has 0 radical (unpaired) electrons. The fourth-order valence-electron chi connectivity index (χ4n) is 2.62. The lowest BCUT2D eigenvalue weighted by atomic mass is 10.1. The van der Waals surface area contributed by atoms with Crippen LogP contribution in [0.15, 0.2) is 48.7 Å². The van der Waals surface area contributed by atoms with Crippen LogP contribution in [-0.2, 0) is 6.61 Å². The highest BCUT2D eigenvalue weighted by atomic mass is 16.5. The Bertz CT molecular complexity index is 565. The first kappa shape index (κ1) is 13.9. The van der Waals surface area contributed by atoms with Gasteiger partial charge in [-0.2, -0.15) is 0 Å².